The van der Waals surface area contributed by atoms with Crippen LogP contribution in [0, 0.1) is 16.7 Å². The van der Waals surface area contributed by atoms with Crippen molar-refractivity contribution in [2.45, 2.75) is 63.6 Å². The Hall–Kier alpha value is -2.22. The first-order valence-corrected chi connectivity index (χ1v) is 13.6. The van der Waals surface area contributed by atoms with Gasteiger partial charge in [-0.05, 0) is 51.5 Å². The summed E-state index contributed by atoms with van der Waals surface area (Å²) in [6.45, 7) is 4.43. The van der Waals surface area contributed by atoms with Crippen LogP contribution >= 0.6 is 23.2 Å². The summed E-state index contributed by atoms with van der Waals surface area (Å²) in [6, 6.07) is 5.55. The van der Waals surface area contributed by atoms with E-state index in [1.54, 1.807) is 19.5 Å². The molecule has 2 aliphatic rings. The molecule has 200 valence electrons. The summed E-state index contributed by atoms with van der Waals surface area (Å²) in [5.74, 6) is 1.18. The number of halogens is 2. The molecule has 1 aliphatic heterocycles. The summed E-state index contributed by atoms with van der Waals surface area (Å²) in [5, 5.41) is 20.9. The number of pyridine rings is 1. The van der Waals surface area contributed by atoms with Crippen molar-refractivity contribution in [3.05, 3.63) is 28.6 Å². The number of nitrogens with zero attached hydrogens (tertiary/aromatic N) is 4. The summed E-state index contributed by atoms with van der Waals surface area (Å²) >= 11 is 12.9. The van der Waals surface area contributed by atoms with Crippen LogP contribution in [0.15, 0.2) is 18.5 Å². The molecule has 1 unspecified atom stereocenters. The van der Waals surface area contributed by atoms with E-state index in [0.717, 1.165) is 37.1 Å². The largest absolute Gasteiger partial charge is 0.383 e. The lowest BCUT2D eigenvalue weighted by Gasteiger charge is -2.32. The third-order valence-electron chi connectivity index (χ3n) is 7.16. The Morgan fingerprint density at radius 2 is 1.89 bits per heavy atom. The van der Waals surface area contributed by atoms with Crippen LogP contribution in [-0.4, -0.2) is 66.6 Å². The quantitative estimate of drug-likeness (QED) is 0.380. The Morgan fingerprint density at radius 1 is 1.16 bits per heavy atom. The SMILES string of the molecule is COCC(C)NC1CCC(Nc2cc(-c3cnc(Cl)c(NCC4(C#N)CCOCC4)n3)c(Cl)cn2)CC1. The van der Waals surface area contributed by atoms with Crippen LogP contribution < -0.4 is 16.0 Å². The van der Waals surface area contributed by atoms with Gasteiger partial charge in [0.25, 0.3) is 0 Å². The lowest BCUT2D eigenvalue weighted by atomic mass is 9.82. The van der Waals surface area contributed by atoms with Crippen LogP contribution in [0.3, 0.4) is 0 Å². The van der Waals surface area contributed by atoms with Gasteiger partial charge in [0.15, 0.2) is 11.0 Å². The van der Waals surface area contributed by atoms with Crippen molar-refractivity contribution in [1.29, 1.82) is 5.26 Å². The monoisotopic (exact) mass is 547 g/mol. The molecule has 9 nitrogen and oxygen atoms in total. The fraction of sp³-hybridized carbons (Fsp3) is 0.615. The Labute approximate surface area is 228 Å². The van der Waals surface area contributed by atoms with Crippen LogP contribution in [0.1, 0.15) is 45.4 Å². The fourth-order valence-corrected chi connectivity index (χ4v) is 5.35. The van der Waals surface area contributed by atoms with Gasteiger partial charge in [-0.25, -0.2) is 15.0 Å². The molecule has 0 spiro atoms. The maximum absolute atomic E-state index is 9.74. The number of hydrogen-bond acceptors (Lipinski definition) is 9. The minimum absolute atomic E-state index is 0.248. The summed E-state index contributed by atoms with van der Waals surface area (Å²) in [6.07, 6.45) is 8.86. The van der Waals surface area contributed by atoms with Gasteiger partial charge in [-0.3, -0.25) is 0 Å². The molecule has 2 fully saturated rings. The zero-order valence-corrected chi connectivity index (χ0v) is 22.9. The molecular formula is C26H35Cl2N7O2. The fourth-order valence-electron chi connectivity index (χ4n) is 4.99. The van der Waals surface area contributed by atoms with Crippen molar-refractivity contribution < 1.29 is 9.47 Å². The molecule has 1 saturated heterocycles. The van der Waals surface area contributed by atoms with Crippen molar-refractivity contribution in [3.63, 3.8) is 0 Å². The Morgan fingerprint density at radius 3 is 2.59 bits per heavy atom. The molecule has 1 aliphatic carbocycles. The van der Waals surface area contributed by atoms with Crippen molar-refractivity contribution in [2.75, 3.05) is 44.1 Å². The van der Waals surface area contributed by atoms with Crippen molar-refractivity contribution in [2.24, 2.45) is 5.41 Å². The highest BCUT2D eigenvalue weighted by Gasteiger charge is 2.33. The molecule has 0 amide bonds. The number of methoxy groups -OCH3 is 1. The topological polar surface area (TPSA) is 117 Å². The van der Waals surface area contributed by atoms with Crippen molar-refractivity contribution in [1.82, 2.24) is 20.3 Å². The first-order valence-electron chi connectivity index (χ1n) is 12.8. The second-order valence-electron chi connectivity index (χ2n) is 10.0. The lowest BCUT2D eigenvalue weighted by Crippen LogP contribution is -2.42. The van der Waals surface area contributed by atoms with E-state index in [2.05, 4.69) is 43.9 Å². The smallest absolute Gasteiger partial charge is 0.171 e. The molecule has 0 bridgehead atoms. The van der Waals surface area contributed by atoms with E-state index in [0.29, 0.717) is 73.9 Å². The van der Waals surface area contributed by atoms with E-state index in [-0.39, 0.29) is 5.15 Å². The standard InChI is InChI=1S/C26H35Cl2N7O2/c1-17(14-36-2)33-18-3-5-19(6-4-18)34-23-11-20(21(27)12-30-23)22-13-31-24(28)25(35-22)32-16-26(15-29)7-9-37-10-8-26/h11-13,17-19,33H,3-10,14,16H2,1-2H3,(H,30,34)(H,32,35). The van der Waals surface area contributed by atoms with Crippen LogP contribution in [-0.2, 0) is 9.47 Å². The molecule has 37 heavy (non-hydrogen) atoms. The van der Waals surface area contributed by atoms with Crippen molar-refractivity contribution >= 4 is 34.8 Å². The first-order chi connectivity index (χ1) is 17.9. The summed E-state index contributed by atoms with van der Waals surface area (Å²) < 4.78 is 10.7. The molecule has 1 saturated carbocycles. The van der Waals surface area contributed by atoms with Gasteiger partial charge < -0.3 is 25.4 Å². The highest BCUT2D eigenvalue weighted by molar-refractivity contribution is 6.33. The average Bonchev–Trinajstić information content (AvgIpc) is 2.91. The van der Waals surface area contributed by atoms with Crippen LogP contribution in [0.2, 0.25) is 10.2 Å². The average molecular weight is 549 g/mol. The highest BCUT2D eigenvalue weighted by atomic mass is 35.5. The summed E-state index contributed by atoms with van der Waals surface area (Å²) in [5.41, 5.74) is 0.789. The minimum atomic E-state index is -0.513. The van der Waals surface area contributed by atoms with Gasteiger partial charge >= 0.3 is 0 Å². The Balaban J connectivity index is 1.41. The summed E-state index contributed by atoms with van der Waals surface area (Å²) in [4.78, 5) is 13.5. The molecule has 2 aromatic rings. The molecule has 0 aromatic carbocycles. The second-order valence-corrected chi connectivity index (χ2v) is 10.8. The number of nitriles is 1. The van der Waals surface area contributed by atoms with Crippen LogP contribution in [0.5, 0.6) is 0 Å². The Bertz CT molecular complexity index is 1080. The highest BCUT2D eigenvalue weighted by Crippen LogP contribution is 2.33. The number of nitrogens with one attached hydrogen (secondary N) is 3. The third-order valence-corrected chi connectivity index (χ3v) is 7.73. The molecule has 0 radical (unpaired) electrons. The molecule has 3 N–H and O–H groups in total. The molecule has 1 atom stereocenters. The van der Waals surface area contributed by atoms with Crippen LogP contribution in [0.4, 0.5) is 11.6 Å². The number of anilines is 2. The normalized spacial score (nSPS) is 22.1. The van der Waals surface area contributed by atoms with Crippen molar-refractivity contribution in [3.8, 4) is 17.3 Å². The molecule has 2 aromatic heterocycles. The maximum atomic E-state index is 9.74. The van der Waals surface area contributed by atoms with E-state index in [4.69, 9.17) is 32.7 Å². The van der Waals surface area contributed by atoms with Gasteiger partial charge in [0.1, 0.15) is 5.82 Å². The predicted octanol–water partition coefficient (Wildman–Crippen LogP) is 4.93. The first kappa shape index (κ1) is 27.8. The van der Waals surface area contributed by atoms with Gasteiger partial charge in [-0.1, -0.05) is 23.2 Å². The van der Waals surface area contributed by atoms with E-state index in [9.17, 15) is 5.26 Å². The van der Waals surface area contributed by atoms with Gasteiger partial charge in [-0.15, -0.1) is 0 Å². The Kier molecular flexibility index (Phi) is 9.79. The molecule has 4 rings (SSSR count). The summed E-state index contributed by atoms with van der Waals surface area (Å²) in [7, 11) is 1.73. The van der Waals surface area contributed by atoms with E-state index in [1.807, 2.05) is 6.07 Å². The van der Waals surface area contributed by atoms with Gasteiger partial charge in [0, 0.05) is 56.8 Å². The number of hydrogen-bond donors (Lipinski definition) is 3. The molecule has 11 heteroatoms. The maximum Gasteiger partial charge on any atom is 0.171 e. The lowest BCUT2D eigenvalue weighted by molar-refractivity contribution is 0.0455. The van der Waals surface area contributed by atoms with Crippen LogP contribution in [0.25, 0.3) is 11.3 Å². The van der Waals surface area contributed by atoms with E-state index < -0.39 is 5.41 Å². The number of ether oxygens (including phenoxy) is 2. The van der Waals surface area contributed by atoms with E-state index >= 15 is 0 Å². The van der Waals surface area contributed by atoms with E-state index in [1.165, 1.54) is 0 Å². The predicted molar refractivity (Wildman–Crippen MR) is 146 cm³/mol. The zero-order chi connectivity index (χ0) is 26.3. The number of aromatic nitrogens is 3. The minimum Gasteiger partial charge on any atom is -0.383 e. The number of rotatable bonds is 10. The zero-order valence-electron chi connectivity index (χ0n) is 21.4. The second kappa shape index (κ2) is 13.0. The molecular weight excluding hydrogens is 513 g/mol. The molecule has 3 heterocycles. The van der Waals surface area contributed by atoms with Gasteiger partial charge in [-0.2, -0.15) is 5.26 Å². The third kappa shape index (κ3) is 7.43. The van der Waals surface area contributed by atoms with Gasteiger partial charge in [0.2, 0.25) is 0 Å². The van der Waals surface area contributed by atoms with Gasteiger partial charge in [0.05, 0.1) is 35.0 Å².